The van der Waals surface area contributed by atoms with Crippen molar-refractivity contribution in [3.63, 3.8) is 0 Å². The van der Waals surface area contributed by atoms with Crippen LogP contribution < -0.4 is 0 Å². The van der Waals surface area contributed by atoms with E-state index in [1.165, 1.54) is 0 Å². The van der Waals surface area contributed by atoms with Crippen LogP contribution in [0, 0.1) is 11.3 Å². The Labute approximate surface area is 112 Å². The lowest BCUT2D eigenvalue weighted by Crippen LogP contribution is -1.97. The minimum Gasteiger partial charge on any atom is -0.391 e. The van der Waals surface area contributed by atoms with Crippen molar-refractivity contribution in [1.82, 2.24) is 0 Å². The van der Waals surface area contributed by atoms with Crippen LogP contribution in [0.1, 0.15) is 23.6 Å². The maximum atomic E-state index is 8.73. The molecular weight excluding hydrogens is 236 g/mol. The standard InChI is InChI=1S/C16H14N2O/c1-13(16-9-7-14(11-17)8-10-16)18-19-12-15-5-3-2-4-6-15/h2-10H,12H2,1H3/b18-13+. The lowest BCUT2D eigenvalue weighted by Gasteiger charge is -2.02. The molecule has 0 aromatic heterocycles. The summed E-state index contributed by atoms with van der Waals surface area (Å²) in [6.45, 7) is 2.33. The van der Waals surface area contributed by atoms with Crippen molar-refractivity contribution in [3.8, 4) is 6.07 Å². The van der Waals surface area contributed by atoms with Gasteiger partial charge >= 0.3 is 0 Å². The van der Waals surface area contributed by atoms with Crippen molar-refractivity contribution in [2.75, 3.05) is 0 Å². The lowest BCUT2D eigenvalue weighted by molar-refractivity contribution is 0.130. The van der Waals surface area contributed by atoms with Crippen LogP contribution in [0.2, 0.25) is 0 Å². The normalized spacial score (nSPS) is 10.8. The highest BCUT2D eigenvalue weighted by Gasteiger charge is 1.98. The fourth-order valence-electron chi connectivity index (χ4n) is 1.62. The third-order valence-electron chi connectivity index (χ3n) is 2.71. The van der Waals surface area contributed by atoms with Gasteiger partial charge in [-0.15, -0.1) is 0 Å². The van der Waals surface area contributed by atoms with Crippen molar-refractivity contribution in [2.24, 2.45) is 5.16 Å². The van der Waals surface area contributed by atoms with Gasteiger partial charge in [-0.05, 0) is 30.2 Å². The van der Waals surface area contributed by atoms with Crippen LogP contribution in [0.5, 0.6) is 0 Å². The van der Waals surface area contributed by atoms with E-state index in [-0.39, 0.29) is 0 Å². The van der Waals surface area contributed by atoms with Gasteiger partial charge in [-0.3, -0.25) is 0 Å². The summed E-state index contributed by atoms with van der Waals surface area (Å²) >= 11 is 0. The maximum Gasteiger partial charge on any atom is 0.142 e. The van der Waals surface area contributed by atoms with Gasteiger partial charge in [0.1, 0.15) is 6.61 Å². The third-order valence-corrected chi connectivity index (χ3v) is 2.71. The first-order chi connectivity index (χ1) is 9.29. The Morgan fingerprint density at radius 3 is 2.42 bits per heavy atom. The number of oxime groups is 1. The van der Waals surface area contributed by atoms with Crippen molar-refractivity contribution < 1.29 is 4.84 Å². The molecule has 0 saturated heterocycles. The Bertz CT molecular complexity index is 595. The molecule has 0 atom stereocenters. The van der Waals surface area contributed by atoms with E-state index in [0.717, 1.165) is 16.8 Å². The summed E-state index contributed by atoms with van der Waals surface area (Å²) in [6, 6.07) is 19.2. The van der Waals surface area contributed by atoms with Crippen molar-refractivity contribution in [1.29, 1.82) is 5.26 Å². The SMILES string of the molecule is C/C(=N\OCc1ccccc1)c1ccc(C#N)cc1. The van der Waals surface area contributed by atoms with Crippen molar-refractivity contribution >= 4 is 5.71 Å². The van der Waals surface area contributed by atoms with Gasteiger partial charge in [0.15, 0.2) is 0 Å². The number of rotatable bonds is 4. The van der Waals surface area contributed by atoms with Crippen LogP contribution >= 0.6 is 0 Å². The zero-order valence-corrected chi connectivity index (χ0v) is 10.7. The highest BCUT2D eigenvalue weighted by molar-refractivity contribution is 5.98. The molecule has 0 spiro atoms. The van der Waals surface area contributed by atoms with E-state index >= 15 is 0 Å². The molecular formula is C16H14N2O. The Kier molecular flexibility index (Phi) is 4.30. The van der Waals surface area contributed by atoms with Gasteiger partial charge in [-0.25, -0.2) is 0 Å². The van der Waals surface area contributed by atoms with Crippen molar-refractivity contribution in [2.45, 2.75) is 13.5 Å². The van der Waals surface area contributed by atoms with Crippen LogP contribution in [0.4, 0.5) is 0 Å². The van der Waals surface area contributed by atoms with Gasteiger partial charge in [0.05, 0.1) is 17.3 Å². The summed E-state index contributed by atoms with van der Waals surface area (Å²) in [5, 5.41) is 12.8. The van der Waals surface area contributed by atoms with Gasteiger partial charge in [-0.2, -0.15) is 5.26 Å². The zero-order valence-electron chi connectivity index (χ0n) is 10.7. The highest BCUT2D eigenvalue weighted by atomic mass is 16.6. The molecule has 2 aromatic carbocycles. The molecule has 0 aliphatic rings. The monoisotopic (exact) mass is 250 g/mol. The summed E-state index contributed by atoms with van der Waals surface area (Å²) in [6.07, 6.45) is 0. The van der Waals surface area contributed by atoms with E-state index in [1.807, 2.05) is 49.4 Å². The van der Waals surface area contributed by atoms with E-state index in [9.17, 15) is 0 Å². The first-order valence-corrected chi connectivity index (χ1v) is 6.00. The fraction of sp³-hybridized carbons (Fsp3) is 0.125. The summed E-state index contributed by atoms with van der Waals surface area (Å²) in [7, 11) is 0. The van der Waals surface area contributed by atoms with Crippen molar-refractivity contribution in [3.05, 3.63) is 71.3 Å². The highest BCUT2D eigenvalue weighted by Crippen LogP contribution is 2.06. The molecule has 0 heterocycles. The topological polar surface area (TPSA) is 45.4 Å². The number of nitriles is 1. The quantitative estimate of drug-likeness (QED) is 0.615. The van der Waals surface area contributed by atoms with E-state index in [1.54, 1.807) is 12.1 Å². The van der Waals surface area contributed by atoms with E-state index in [2.05, 4.69) is 11.2 Å². The van der Waals surface area contributed by atoms with Gasteiger partial charge < -0.3 is 4.84 Å². The fourth-order valence-corrected chi connectivity index (χ4v) is 1.62. The molecule has 19 heavy (non-hydrogen) atoms. The maximum absolute atomic E-state index is 8.73. The molecule has 0 aliphatic carbocycles. The Morgan fingerprint density at radius 2 is 1.79 bits per heavy atom. The first-order valence-electron chi connectivity index (χ1n) is 6.00. The molecule has 0 unspecified atom stereocenters. The minimum absolute atomic E-state index is 0.453. The average Bonchev–Trinajstić information content (AvgIpc) is 2.48. The predicted molar refractivity (Wildman–Crippen MR) is 74.6 cm³/mol. The molecule has 2 rings (SSSR count). The number of nitrogens with zero attached hydrogens (tertiary/aromatic N) is 2. The van der Waals surface area contributed by atoms with Gasteiger partial charge in [0.2, 0.25) is 0 Å². The number of hydrogen-bond acceptors (Lipinski definition) is 3. The molecule has 0 radical (unpaired) electrons. The van der Waals surface area contributed by atoms with E-state index in [4.69, 9.17) is 10.1 Å². The Balaban J connectivity index is 1.97. The molecule has 3 nitrogen and oxygen atoms in total. The number of hydrogen-bond donors (Lipinski definition) is 0. The Morgan fingerprint density at radius 1 is 1.11 bits per heavy atom. The van der Waals surface area contributed by atoms with Crippen LogP contribution in [0.25, 0.3) is 0 Å². The second kappa shape index (κ2) is 6.36. The molecule has 2 aromatic rings. The lowest BCUT2D eigenvalue weighted by atomic mass is 10.1. The summed E-state index contributed by atoms with van der Waals surface area (Å²) in [5.74, 6) is 0. The second-order valence-electron chi connectivity index (χ2n) is 4.12. The van der Waals surface area contributed by atoms with Crippen LogP contribution in [-0.4, -0.2) is 5.71 Å². The van der Waals surface area contributed by atoms with E-state index < -0.39 is 0 Å². The second-order valence-corrected chi connectivity index (χ2v) is 4.12. The molecule has 0 aliphatic heterocycles. The first kappa shape index (κ1) is 12.8. The van der Waals surface area contributed by atoms with Crippen LogP contribution in [-0.2, 0) is 11.4 Å². The molecule has 3 heteroatoms. The predicted octanol–water partition coefficient (Wildman–Crippen LogP) is 3.50. The largest absolute Gasteiger partial charge is 0.391 e. The molecule has 0 saturated carbocycles. The van der Waals surface area contributed by atoms with Gasteiger partial charge in [0, 0.05) is 0 Å². The smallest absolute Gasteiger partial charge is 0.142 e. The van der Waals surface area contributed by atoms with Crippen LogP contribution in [0.15, 0.2) is 59.8 Å². The Hall–Kier alpha value is -2.60. The third kappa shape index (κ3) is 3.68. The molecule has 0 amide bonds. The molecule has 0 bridgehead atoms. The molecule has 94 valence electrons. The molecule has 0 fully saturated rings. The van der Waals surface area contributed by atoms with Gasteiger partial charge in [-0.1, -0.05) is 47.6 Å². The minimum atomic E-state index is 0.453. The summed E-state index contributed by atoms with van der Waals surface area (Å²) in [4.78, 5) is 5.32. The van der Waals surface area contributed by atoms with E-state index in [0.29, 0.717) is 12.2 Å². The van der Waals surface area contributed by atoms with Crippen LogP contribution in [0.3, 0.4) is 0 Å². The number of benzene rings is 2. The average molecular weight is 250 g/mol. The zero-order chi connectivity index (χ0) is 13.5. The summed E-state index contributed by atoms with van der Waals surface area (Å²) in [5.41, 5.74) is 3.47. The summed E-state index contributed by atoms with van der Waals surface area (Å²) < 4.78 is 0. The molecule has 0 N–H and O–H groups in total. The van der Waals surface area contributed by atoms with Gasteiger partial charge in [0.25, 0.3) is 0 Å².